The van der Waals surface area contributed by atoms with Crippen molar-refractivity contribution >= 4 is 33.3 Å². The van der Waals surface area contributed by atoms with Crippen molar-refractivity contribution in [2.75, 3.05) is 36.0 Å². The number of rotatable bonds is 6. The van der Waals surface area contributed by atoms with E-state index in [-0.39, 0.29) is 24.0 Å². The van der Waals surface area contributed by atoms with Crippen LogP contribution < -0.4 is 18.7 Å². The van der Waals surface area contributed by atoms with E-state index in [2.05, 4.69) is 0 Å². The lowest BCUT2D eigenvalue weighted by Crippen LogP contribution is -2.48. The second kappa shape index (κ2) is 10.1. The molecule has 2 aliphatic heterocycles. The van der Waals surface area contributed by atoms with E-state index in [0.717, 1.165) is 18.4 Å². The molecule has 0 radical (unpaired) electrons. The van der Waals surface area contributed by atoms with Crippen LogP contribution in [0.1, 0.15) is 12.0 Å². The molecule has 0 saturated heterocycles. The number of anilines is 2. The van der Waals surface area contributed by atoms with E-state index in [1.165, 1.54) is 40.6 Å². The highest BCUT2D eigenvalue weighted by Crippen LogP contribution is 2.34. The minimum absolute atomic E-state index is 0.0135. The van der Waals surface area contributed by atoms with Gasteiger partial charge in [0.15, 0.2) is 6.61 Å². The van der Waals surface area contributed by atoms with Crippen LogP contribution in [0.4, 0.5) is 11.4 Å². The van der Waals surface area contributed by atoms with Gasteiger partial charge in [-0.1, -0.05) is 30.3 Å². The molecule has 0 saturated carbocycles. The first kappa shape index (κ1) is 24.6. The van der Waals surface area contributed by atoms with Gasteiger partial charge in [-0.05, 0) is 60.9 Å². The van der Waals surface area contributed by atoms with Gasteiger partial charge in [-0.25, -0.2) is 13.2 Å². The fourth-order valence-electron chi connectivity index (χ4n) is 4.53. The number of hydrogen-bond acceptors (Lipinski definition) is 7. The molecule has 0 aliphatic carbocycles. The van der Waals surface area contributed by atoms with E-state index in [4.69, 9.17) is 14.2 Å². The zero-order valence-electron chi connectivity index (χ0n) is 20.2. The van der Waals surface area contributed by atoms with Gasteiger partial charge in [-0.3, -0.25) is 9.10 Å². The molecule has 0 N–H and O–H groups in total. The number of benzene rings is 3. The summed E-state index contributed by atoms with van der Waals surface area (Å²) in [4.78, 5) is 26.6. The van der Waals surface area contributed by atoms with Gasteiger partial charge in [-0.15, -0.1) is 0 Å². The first-order valence-corrected chi connectivity index (χ1v) is 13.3. The number of para-hydroxylation sites is 3. The number of sulfonamides is 1. The van der Waals surface area contributed by atoms with Crippen molar-refractivity contribution in [1.82, 2.24) is 0 Å². The standard InChI is InChI=1S/C27H26N2O7S/c1-34-27(31)25-17-28(23-10-4-5-11-24(23)36-25)26(30)18-35-20-12-14-21(15-13-20)37(32,33)29-16-6-8-19-7-2-3-9-22(19)29/h2-5,7,9-15,25H,6,8,16-18H2,1H3/t25-/m0/s1. The molecule has 0 spiro atoms. The van der Waals surface area contributed by atoms with Gasteiger partial charge in [0.25, 0.3) is 15.9 Å². The minimum atomic E-state index is -3.75. The second-order valence-electron chi connectivity index (χ2n) is 8.67. The lowest BCUT2D eigenvalue weighted by Gasteiger charge is -2.33. The Morgan fingerprint density at radius 2 is 1.68 bits per heavy atom. The van der Waals surface area contributed by atoms with Crippen LogP contribution in [0, 0.1) is 0 Å². The lowest BCUT2D eigenvalue weighted by atomic mass is 10.0. The number of methoxy groups -OCH3 is 1. The van der Waals surface area contributed by atoms with E-state index in [0.29, 0.717) is 29.4 Å². The molecule has 192 valence electrons. The van der Waals surface area contributed by atoms with Crippen LogP contribution in [0.3, 0.4) is 0 Å². The molecule has 0 bridgehead atoms. The summed E-state index contributed by atoms with van der Waals surface area (Å²) in [5.41, 5.74) is 2.24. The zero-order valence-corrected chi connectivity index (χ0v) is 21.0. The number of hydrogen-bond donors (Lipinski definition) is 0. The van der Waals surface area contributed by atoms with Crippen LogP contribution >= 0.6 is 0 Å². The monoisotopic (exact) mass is 522 g/mol. The van der Waals surface area contributed by atoms with Crippen molar-refractivity contribution in [2.45, 2.75) is 23.8 Å². The summed E-state index contributed by atoms with van der Waals surface area (Å²) >= 11 is 0. The number of amides is 1. The fraction of sp³-hybridized carbons (Fsp3) is 0.259. The molecule has 1 amide bonds. The van der Waals surface area contributed by atoms with Gasteiger partial charge >= 0.3 is 5.97 Å². The number of aryl methyl sites for hydroxylation is 1. The first-order chi connectivity index (χ1) is 17.9. The van der Waals surface area contributed by atoms with Crippen molar-refractivity contribution in [1.29, 1.82) is 0 Å². The third-order valence-electron chi connectivity index (χ3n) is 6.38. The van der Waals surface area contributed by atoms with Crippen molar-refractivity contribution in [3.63, 3.8) is 0 Å². The first-order valence-electron chi connectivity index (χ1n) is 11.9. The quantitative estimate of drug-likeness (QED) is 0.458. The van der Waals surface area contributed by atoms with Crippen LogP contribution in [0.25, 0.3) is 0 Å². The van der Waals surface area contributed by atoms with E-state index >= 15 is 0 Å². The molecular formula is C27H26N2O7S. The Hall–Kier alpha value is -4.05. The lowest BCUT2D eigenvalue weighted by molar-refractivity contribution is -0.148. The molecular weight excluding hydrogens is 496 g/mol. The second-order valence-corrected chi connectivity index (χ2v) is 10.5. The van der Waals surface area contributed by atoms with Gasteiger partial charge < -0.3 is 19.1 Å². The molecule has 37 heavy (non-hydrogen) atoms. The maximum atomic E-state index is 13.3. The molecule has 1 atom stereocenters. The van der Waals surface area contributed by atoms with Crippen molar-refractivity contribution in [2.24, 2.45) is 0 Å². The summed E-state index contributed by atoms with van der Waals surface area (Å²) in [6.45, 7) is 0.0912. The maximum absolute atomic E-state index is 13.3. The Kier molecular flexibility index (Phi) is 6.75. The highest BCUT2D eigenvalue weighted by atomic mass is 32.2. The molecule has 9 nitrogen and oxygen atoms in total. The van der Waals surface area contributed by atoms with Gasteiger partial charge in [0.05, 0.1) is 29.9 Å². The van der Waals surface area contributed by atoms with E-state index in [1.54, 1.807) is 24.3 Å². The normalized spacial score (nSPS) is 16.7. The van der Waals surface area contributed by atoms with Crippen LogP contribution in [-0.2, 0) is 30.8 Å². The number of fused-ring (bicyclic) bond motifs is 2. The third kappa shape index (κ3) is 4.84. The summed E-state index contributed by atoms with van der Waals surface area (Å²) in [6.07, 6.45) is 0.645. The average Bonchev–Trinajstić information content (AvgIpc) is 2.94. The van der Waals surface area contributed by atoms with Crippen molar-refractivity contribution in [3.8, 4) is 11.5 Å². The smallest absolute Gasteiger partial charge is 0.348 e. The molecule has 2 aliphatic rings. The Labute approximate surface area is 215 Å². The van der Waals surface area contributed by atoms with Crippen LogP contribution in [0.15, 0.2) is 77.7 Å². The molecule has 0 fully saturated rings. The average molecular weight is 523 g/mol. The third-order valence-corrected chi connectivity index (χ3v) is 8.21. The Bertz CT molecular complexity index is 1420. The number of nitrogens with zero attached hydrogens (tertiary/aromatic N) is 2. The van der Waals surface area contributed by atoms with Crippen molar-refractivity contribution < 1.29 is 32.2 Å². The molecule has 10 heteroatoms. The maximum Gasteiger partial charge on any atom is 0.348 e. The fourth-order valence-corrected chi connectivity index (χ4v) is 6.07. The van der Waals surface area contributed by atoms with E-state index in [9.17, 15) is 18.0 Å². The van der Waals surface area contributed by atoms with E-state index in [1.807, 2.05) is 24.3 Å². The van der Waals surface area contributed by atoms with Crippen molar-refractivity contribution in [3.05, 3.63) is 78.4 Å². The molecule has 2 heterocycles. The number of ether oxygens (including phenoxy) is 3. The predicted octanol–water partition coefficient (Wildman–Crippen LogP) is 3.17. The summed E-state index contributed by atoms with van der Waals surface area (Å²) in [5, 5.41) is 0. The Morgan fingerprint density at radius 3 is 2.43 bits per heavy atom. The summed E-state index contributed by atoms with van der Waals surface area (Å²) in [5.74, 6) is -0.226. The van der Waals surface area contributed by atoms with Gasteiger partial charge in [0, 0.05) is 6.54 Å². The minimum Gasteiger partial charge on any atom is -0.484 e. The Morgan fingerprint density at radius 1 is 0.973 bits per heavy atom. The largest absolute Gasteiger partial charge is 0.484 e. The number of esters is 1. The topological polar surface area (TPSA) is 102 Å². The molecule has 3 aromatic carbocycles. The zero-order chi connectivity index (χ0) is 26.0. The highest BCUT2D eigenvalue weighted by molar-refractivity contribution is 7.92. The summed E-state index contributed by atoms with van der Waals surface area (Å²) < 4.78 is 44.2. The van der Waals surface area contributed by atoms with Crippen LogP contribution in [0.2, 0.25) is 0 Å². The molecule has 3 aromatic rings. The summed E-state index contributed by atoms with van der Waals surface area (Å²) in [6, 6.07) is 20.4. The molecule has 0 unspecified atom stereocenters. The predicted molar refractivity (Wildman–Crippen MR) is 136 cm³/mol. The summed E-state index contributed by atoms with van der Waals surface area (Å²) in [7, 11) is -2.49. The van der Waals surface area contributed by atoms with Gasteiger partial charge in [-0.2, -0.15) is 0 Å². The number of carbonyl (C=O) groups is 2. The highest BCUT2D eigenvalue weighted by Gasteiger charge is 2.34. The SMILES string of the molecule is COC(=O)[C@@H]1CN(C(=O)COc2ccc(S(=O)(=O)N3CCCc4ccccc43)cc2)c2ccccc2O1. The van der Waals surface area contributed by atoms with E-state index < -0.39 is 22.1 Å². The van der Waals surface area contributed by atoms with Gasteiger partial charge in [0.2, 0.25) is 6.10 Å². The van der Waals surface area contributed by atoms with Gasteiger partial charge in [0.1, 0.15) is 11.5 Å². The Balaban J connectivity index is 1.28. The number of carbonyl (C=O) groups excluding carboxylic acids is 2. The van der Waals surface area contributed by atoms with Crippen LogP contribution in [-0.4, -0.2) is 53.2 Å². The molecule has 0 aromatic heterocycles. The van der Waals surface area contributed by atoms with Crippen LogP contribution in [0.5, 0.6) is 11.5 Å². The molecule has 5 rings (SSSR count).